The Balaban J connectivity index is 2.26. The summed E-state index contributed by atoms with van der Waals surface area (Å²) in [4.78, 5) is 0. The third kappa shape index (κ3) is 4.29. The van der Waals surface area contributed by atoms with Gasteiger partial charge in [-0.05, 0) is 55.2 Å². The average Bonchev–Trinajstić information content (AvgIpc) is 2.63. The number of hydrogen-bond acceptors (Lipinski definition) is 5. The monoisotopic (exact) mass is 358 g/mol. The molecule has 5 nitrogen and oxygen atoms in total. The van der Waals surface area contributed by atoms with Crippen LogP contribution in [0.3, 0.4) is 0 Å². The quantitative estimate of drug-likeness (QED) is 0.700. The van der Waals surface area contributed by atoms with Crippen molar-refractivity contribution < 1.29 is 24.4 Å². The number of ether oxygens (including phenoxy) is 3. The molecule has 5 heteroatoms. The van der Waals surface area contributed by atoms with Crippen LogP contribution >= 0.6 is 0 Å². The molecule has 2 N–H and O–H groups in total. The number of rotatable bonds is 8. The number of phenolic OH excluding ortho intramolecular Hbond substituents is 1. The van der Waals surface area contributed by atoms with Gasteiger partial charge in [-0.2, -0.15) is 0 Å². The van der Waals surface area contributed by atoms with E-state index in [-0.39, 0.29) is 5.75 Å². The minimum atomic E-state index is -0.901. The fourth-order valence-corrected chi connectivity index (χ4v) is 2.80. The molecule has 0 spiro atoms. The largest absolute Gasteiger partial charge is 0.504 e. The smallest absolute Gasteiger partial charge is 0.164 e. The maximum absolute atomic E-state index is 10.6. The zero-order valence-electron chi connectivity index (χ0n) is 15.7. The molecule has 2 aromatic rings. The van der Waals surface area contributed by atoms with Gasteiger partial charge in [0, 0.05) is 0 Å². The Kier molecular flexibility index (Phi) is 6.52. The van der Waals surface area contributed by atoms with Crippen molar-refractivity contribution in [1.29, 1.82) is 0 Å². The van der Waals surface area contributed by atoms with Gasteiger partial charge in [-0.1, -0.05) is 18.2 Å². The minimum Gasteiger partial charge on any atom is -0.504 e. The van der Waals surface area contributed by atoms with E-state index >= 15 is 0 Å². The number of aromatic hydroxyl groups is 1. The summed E-state index contributed by atoms with van der Waals surface area (Å²) in [5.41, 5.74) is 2.59. The molecule has 0 saturated carbocycles. The van der Waals surface area contributed by atoms with Gasteiger partial charge in [0.2, 0.25) is 0 Å². The van der Waals surface area contributed by atoms with Gasteiger partial charge in [-0.25, -0.2) is 0 Å². The van der Waals surface area contributed by atoms with Gasteiger partial charge in [0.15, 0.2) is 23.0 Å². The predicted octanol–water partition coefficient (Wildman–Crippen LogP) is 3.95. The van der Waals surface area contributed by atoms with Crippen LogP contribution in [-0.4, -0.2) is 30.5 Å². The Labute approximate surface area is 154 Å². The van der Waals surface area contributed by atoms with Crippen LogP contribution in [0.4, 0.5) is 0 Å². The molecule has 0 aliphatic carbocycles. The summed E-state index contributed by atoms with van der Waals surface area (Å²) >= 11 is 0. The molecule has 2 aromatic carbocycles. The first-order chi connectivity index (χ1) is 12.4. The molecule has 0 aliphatic heterocycles. The summed E-state index contributed by atoms with van der Waals surface area (Å²) in [6.45, 7) is 7.47. The van der Waals surface area contributed by atoms with E-state index in [2.05, 4.69) is 6.58 Å². The lowest BCUT2D eigenvalue weighted by atomic mass is 10.0. The van der Waals surface area contributed by atoms with Crippen LogP contribution in [0, 0.1) is 6.92 Å². The lowest BCUT2D eigenvalue weighted by molar-refractivity contribution is 0.0445. The van der Waals surface area contributed by atoms with Crippen molar-refractivity contribution in [2.75, 3.05) is 14.2 Å². The highest BCUT2D eigenvalue weighted by Crippen LogP contribution is 2.36. The molecular formula is C21H26O5. The van der Waals surface area contributed by atoms with E-state index in [0.29, 0.717) is 22.8 Å². The van der Waals surface area contributed by atoms with E-state index in [1.165, 1.54) is 13.2 Å². The van der Waals surface area contributed by atoms with Crippen LogP contribution in [0.2, 0.25) is 0 Å². The topological polar surface area (TPSA) is 68.2 Å². The Bertz CT molecular complexity index is 769. The predicted molar refractivity (Wildman–Crippen MR) is 101 cm³/mol. The number of aliphatic hydroxyl groups is 1. The molecule has 0 aliphatic rings. The molecule has 0 heterocycles. The summed E-state index contributed by atoms with van der Waals surface area (Å²) < 4.78 is 16.6. The number of aliphatic hydroxyl groups excluding tert-OH is 1. The lowest BCUT2D eigenvalue weighted by Gasteiger charge is -2.24. The molecule has 26 heavy (non-hydrogen) atoms. The first-order valence-corrected chi connectivity index (χ1v) is 8.41. The first kappa shape index (κ1) is 19.7. The van der Waals surface area contributed by atoms with E-state index in [4.69, 9.17) is 14.2 Å². The van der Waals surface area contributed by atoms with Crippen molar-refractivity contribution in [3.05, 3.63) is 59.7 Å². The number of aryl methyl sites for hydroxylation is 1. The van der Waals surface area contributed by atoms with E-state index < -0.39 is 12.2 Å². The normalized spacial score (nSPS) is 13.0. The zero-order chi connectivity index (χ0) is 19.3. The van der Waals surface area contributed by atoms with Gasteiger partial charge >= 0.3 is 0 Å². The fraction of sp³-hybridized carbons (Fsp3) is 0.333. The van der Waals surface area contributed by atoms with Crippen LogP contribution in [0.5, 0.6) is 23.0 Å². The average molecular weight is 358 g/mol. The van der Waals surface area contributed by atoms with Gasteiger partial charge in [0.05, 0.1) is 14.2 Å². The minimum absolute atomic E-state index is 0.0207. The molecule has 140 valence electrons. The molecular weight excluding hydrogens is 332 g/mol. The highest BCUT2D eigenvalue weighted by atomic mass is 16.5. The zero-order valence-corrected chi connectivity index (χ0v) is 15.7. The summed E-state index contributed by atoms with van der Waals surface area (Å²) in [5.74, 6) is 1.53. The van der Waals surface area contributed by atoms with Crippen molar-refractivity contribution in [3.63, 3.8) is 0 Å². The number of methoxy groups -OCH3 is 2. The van der Waals surface area contributed by atoms with Gasteiger partial charge in [0.25, 0.3) is 0 Å². The van der Waals surface area contributed by atoms with Gasteiger partial charge in [0.1, 0.15) is 12.2 Å². The van der Waals surface area contributed by atoms with E-state index in [1.807, 2.05) is 25.1 Å². The van der Waals surface area contributed by atoms with Crippen LogP contribution in [0.15, 0.2) is 43.0 Å². The molecule has 0 aromatic heterocycles. The summed E-state index contributed by atoms with van der Waals surface area (Å²) in [6.07, 6.45) is 1.13. The van der Waals surface area contributed by atoms with Crippen LogP contribution < -0.4 is 14.2 Å². The van der Waals surface area contributed by atoms with Crippen molar-refractivity contribution >= 4 is 0 Å². The SMILES string of the molecule is C=CCc1cc(C)c(OC(C)C(O)c2ccc(O)c(OC)c2)c(OC)c1. The second-order valence-electron chi connectivity index (χ2n) is 6.14. The van der Waals surface area contributed by atoms with Crippen LogP contribution in [-0.2, 0) is 6.42 Å². The number of benzene rings is 2. The molecule has 0 saturated heterocycles. The number of allylic oxidation sites excluding steroid dienone is 1. The van der Waals surface area contributed by atoms with Crippen LogP contribution in [0.25, 0.3) is 0 Å². The lowest BCUT2D eigenvalue weighted by Crippen LogP contribution is -2.22. The van der Waals surface area contributed by atoms with Crippen molar-refractivity contribution in [2.45, 2.75) is 32.5 Å². The summed E-state index contributed by atoms with van der Waals surface area (Å²) in [6, 6.07) is 8.64. The second-order valence-corrected chi connectivity index (χ2v) is 6.14. The standard InChI is InChI=1S/C21H26O5/c1-6-7-15-10-13(2)21(19(11-15)25-5)26-14(3)20(23)16-8-9-17(22)18(12-16)24-4/h6,8-12,14,20,22-23H,1,7H2,2-5H3. The third-order valence-corrected chi connectivity index (χ3v) is 4.19. The summed E-state index contributed by atoms with van der Waals surface area (Å²) in [7, 11) is 3.05. The molecule has 0 bridgehead atoms. The Morgan fingerprint density at radius 1 is 1.12 bits per heavy atom. The highest BCUT2D eigenvalue weighted by molar-refractivity contribution is 5.49. The molecule has 0 radical (unpaired) electrons. The molecule has 2 unspecified atom stereocenters. The maximum atomic E-state index is 10.6. The fourth-order valence-electron chi connectivity index (χ4n) is 2.80. The van der Waals surface area contributed by atoms with Gasteiger partial charge in [-0.15, -0.1) is 6.58 Å². The van der Waals surface area contributed by atoms with Crippen LogP contribution in [0.1, 0.15) is 29.7 Å². The summed E-state index contributed by atoms with van der Waals surface area (Å²) in [5, 5.41) is 20.3. The highest BCUT2D eigenvalue weighted by Gasteiger charge is 2.22. The Morgan fingerprint density at radius 2 is 1.81 bits per heavy atom. The molecule has 2 rings (SSSR count). The Hall–Kier alpha value is -2.66. The van der Waals surface area contributed by atoms with Gasteiger partial charge in [-0.3, -0.25) is 0 Å². The molecule has 0 fully saturated rings. The van der Waals surface area contributed by atoms with Crippen molar-refractivity contribution in [2.24, 2.45) is 0 Å². The molecule has 0 amide bonds. The molecule has 2 atom stereocenters. The van der Waals surface area contributed by atoms with Crippen molar-refractivity contribution in [1.82, 2.24) is 0 Å². The number of hydrogen-bond donors (Lipinski definition) is 2. The second kappa shape index (κ2) is 8.63. The van der Waals surface area contributed by atoms with E-state index in [1.54, 1.807) is 26.2 Å². The Morgan fingerprint density at radius 3 is 2.42 bits per heavy atom. The van der Waals surface area contributed by atoms with E-state index in [0.717, 1.165) is 17.5 Å². The van der Waals surface area contributed by atoms with Crippen molar-refractivity contribution in [3.8, 4) is 23.0 Å². The maximum Gasteiger partial charge on any atom is 0.164 e. The van der Waals surface area contributed by atoms with E-state index in [9.17, 15) is 10.2 Å². The first-order valence-electron chi connectivity index (χ1n) is 8.41. The third-order valence-electron chi connectivity index (χ3n) is 4.19. The van der Waals surface area contributed by atoms with Gasteiger partial charge < -0.3 is 24.4 Å². The number of phenols is 1.